The van der Waals surface area contributed by atoms with Crippen molar-refractivity contribution in [2.24, 2.45) is 0 Å². The molecule has 6 nitrogen and oxygen atoms in total. The molecular weight excluding hydrogens is 302 g/mol. The van der Waals surface area contributed by atoms with Crippen molar-refractivity contribution in [2.45, 2.75) is 13.8 Å². The van der Waals surface area contributed by atoms with Gasteiger partial charge in [-0.1, -0.05) is 0 Å². The van der Waals surface area contributed by atoms with Crippen molar-refractivity contribution in [3.63, 3.8) is 0 Å². The molecule has 0 bridgehead atoms. The second-order valence-corrected chi connectivity index (χ2v) is 6.05. The number of carbonyl (C=O) groups is 1. The minimum atomic E-state index is -1.18. The van der Waals surface area contributed by atoms with Crippen molar-refractivity contribution in [3.8, 4) is 5.75 Å². The Labute approximate surface area is 130 Å². The first-order valence-electron chi connectivity index (χ1n) is 6.51. The van der Waals surface area contributed by atoms with Gasteiger partial charge in [-0.25, -0.2) is 14.8 Å². The summed E-state index contributed by atoms with van der Waals surface area (Å²) in [5, 5.41) is 22.7. The highest BCUT2D eigenvalue weighted by Gasteiger charge is 2.14. The van der Waals surface area contributed by atoms with Gasteiger partial charge in [-0.15, -0.1) is 11.3 Å². The number of phenols is 1. The molecule has 0 saturated heterocycles. The molecule has 3 N–H and O–H groups in total. The number of aromatic nitrogens is 2. The number of carboxylic acid groups (broad SMARTS) is 1. The average molecular weight is 315 g/mol. The highest BCUT2D eigenvalue weighted by atomic mass is 32.1. The van der Waals surface area contributed by atoms with Crippen molar-refractivity contribution in [1.29, 1.82) is 0 Å². The number of benzene rings is 1. The number of aromatic carboxylic acids is 1. The first-order chi connectivity index (χ1) is 10.5. The number of hydrogen-bond acceptors (Lipinski definition) is 6. The SMILES string of the molecule is Cc1sc2ncnc(Nc3ccc(O)c(C(=O)O)c3)c2c1C. The molecule has 0 aliphatic rings. The van der Waals surface area contributed by atoms with Crippen LogP contribution in [0.3, 0.4) is 0 Å². The van der Waals surface area contributed by atoms with Crippen LogP contribution in [0.4, 0.5) is 11.5 Å². The molecule has 7 heteroatoms. The number of rotatable bonds is 3. The summed E-state index contributed by atoms with van der Waals surface area (Å²) < 4.78 is 0. The van der Waals surface area contributed by atoms with E-state index < -0.39 is 5.97 Å². The standard InChI is InChI=1S/C15H13N3O3S/c1-7-8(2)22-14-12(7)13(16-6-17-14)18-9-3-4-11(19)10(5-9)15(20)21/h3-6,19H,1-2H3,(H,20,21)(H,16,17,18). The van der Waals surface area contributed by atoms with Crippen LogP contribution in [0, 0.1) is 13.8 Å². The van der Waals surface area contributed by atoms with E-state index in [4.69, 9.17) is 5.11 Å². The smallest absolute Gasteiger partial charge is 0.339 e. The second kappa shape index (κ2) is 5.27. The van der Waals surface area contributed by atoms with E-state index in [2.05, 4.69) is 15.3 Å². The Morgan fingerprint density at radius 2 is 2.05 bits per heavy atom. The van der Waals surface area contributed by atoms with Crippen LogP contribution in [0.25, 0.3) is 10.2 Å². The van der Waals surface area contributed by atoms with Crippen LogP contribution in [-0.4, -0.2) is 26.2 Å². The maximum Gasteiger partial charge on any atom is 0.339 e. The summed E-state index contributed by atoms with van der Waals surface area (Å²) in [5.74, 6) is -0.834. The topological polar surface area (TPSA) is 95.3 Å². The summed E-state index contributed by atoms with van der Waals surface area (Å²) in [4.78, 5) is 21.6. The van der Waals surface area contributed by atoms with Gasteiger partial charge >= 0.3 is 5.97 Å². The lowest BCUT2D eigenvalue weighted by Gasteiger charge is -2.09. The number of nitrogens with zero attached hydrogens (tertiary/aromatic N) is 2. The van der Waals surface area contributed by atoms with Crippen LogP contribution >= 0.6 is 11.3 Å². The molecule has 2 heterocycles. The number of aryl methyl sites for hydroxylation is 2. The van der Waals surface area contributed by atoms with Crippen LogP contribution in [-0.2, 0) is 0 Å². The number of hydrogen-bond donors (Lipinski definition) is 3. The molecular formula is C15H13N3O3S. The number of carboxylic acids is 1. The number of nitrogens with one attached hydrogen (secondary N) is 1. The minimum absolute atomic E-state index is 0.159. The molecule has 0 fully saturated rings. The second-order valence-electron chi connectivity index (χ2n) is 4.85. The van der Waals surface area contributed by atoms with Gasteiger partial charge in [0.1, 0.15) is 28.3 Å². The van der Waals surface area contributed by atoms with Gasteiger partial charge in [-0.3, -0.25) is 0 Å². The molecule has 0 aliphatic heterocycles. The molecule has 0 atom stereocenters. The van der Waals surface area contributed by atoms with Crippen LogP contribution in [0.2, 0.25) is 0 Å². The van der Waals surface area contributed by atoms with E-state index in [0.717, 1.165) is 20.7 Å². The zero-order chi connectivity index (χ0) is 15.9. The van der Waals surface area contributed by atoms with Gasteiger partial charge in [0.05, 0.1) is 5.39 Å². The van der Waals surface area contributed by atoms with Gasteiger partial charge in [0.2, 0.25) is 0 Å². The number of thiophene rings is 1. The number of fused-ring (bicyclic) bond motifs is 1. The lowest BCUT2D eigenvalue weighted by molar-refractivity contribution is 0.0694. The van der Waals surface area contributed by atoms with Crippen molar-refractivity contribution in [1.82, 2.24) is 9.97 Å². The Morgan fingerprint density at radius 1 is 1.27 bits per heavy atom. The summed E-state index contributed by atoms with van der Waals surface area (Å²) in [6.45, 7) is 4.02. The fourth-order valence-electron chi connectivity index (χ4n) is 2.20. The number of anilines is 2. The van der Waals surface area contributed by atoms with E-state index >= 15 is 0 Å². The van der Waals surface area contributed by atoms with Crippen LogP contribution < -0.4 is 5.32 Å². The predicted octanol–water partition coefficient (Wildman–Crippen LogP) is 3.46. The van der Waals surface area contributed by atoms with Gasteiger partial charge in [0.15, 0.2) is 0 Å². The zero-order valence-corrected chi connectivity index (χ0v) is 12.7. The Bertz CT molecular complexity index is 889. The molecule has 3 rings (SSSR count). The van der Waals surface area contributed by atoms with Crippen molar-refractivity contribution in [2.75, 3.05) is 5.32 Å². The monoisotopic (exact) mass is 315 g/mol. The van der Waals surface area contributed by atoms with Crippen LogP contribution in [0.15, 0.2) is 24.5 Å². The summed E-state index contributed by atoms with van der Waals surface area (Å²) in [5.41, 5.74) is 1.48. The molecule has 0 aliphatic carbocycles. The van der Waals surface area contributed by atoms with Crippen LogP contribution in [0.5, 0.6) is 5.75 Å². The van der Waals surface area contributed by atoms with Gasteiger partial charge in [-0.05, 0) is 37.6 Å². The van der Waals surface area contributed by atoms with E-state index in [-0.39, 0.29) is 11.3 Å². The molecule has 112 valence electrons. The van der Waals surface area contributed by atoms with E-state index in [1.807, 2.05) is 13.8 Å². The van der Waals surface area contributed by atoms with E-state index in [9.17, 15) is 9.90 Å². The summed E-state index contributed by atoms with van der Waals surface area (Å²) in [6, 6.07) is 4.32. The fraction of sp³-hybridized carbons (Fsp3) is 0.133. The fourth-order valence-corrected chi connectivity index (χ4v) is 3.20. The summed E-state index contributed by atoms with van der Waals surface area (Å²) in [7, 11) is 0. The van der Waals surface area contributed by atoms with Gasteiger partial charge in [0, 0.05) is 10.6 Å². The Morgan fingerprint density at radius 3 is 2.77 bits per heavy atom. The summed E-state index contributed by atoms with van der Waals surface area (Å²) in [6.07, 6.45) is 1.47. The largest absolute Gasteiger partial charge is 0.507 e. The van der Waals surface area contributed by atoms with E-state index in [1.54, 1.807) is 17.4 Å². The highest BCUT2D eigenvalue weighted by Crippen LogP contribution is 2.34. The highest BCUT2D eigenvalue weighted by molar-refractivity contribution is 7.18. The predicted molar refractivity (Wildman–Crippen MR) is 85.2 cm³/mol. The molecule has 22 heavy (non-hydrogen) atoms. The maximum absolute atomic E-state index is 11.1. The average Bonchev–Trinajstić information content (AvgIpc) is 2.77. The Kier molecular flexibility index (Phi) is 3.42. The molecule has 1 aromatic carbocycles. The lowest BCUT2D eigenvalue weighted by atomic mass is 10.1. The van der Waals surface area contributed by atoms with Crippen molar-refractivity contribution < 1.29 is 15.0 Å². The Balaban J connectivity index is 2.07. The first kappa shape index (κ1) is 14.3. The molecule has 0 saturated carbocycles. The molecule has 0 radical (unpaired) electrons. The van der Waals surface area contributed by atoms with Crippen LogP contribution in [0.1, 0.15) is 20.8 Å². The third-order valence-corrected chi connectivity index (χ3v) is 4.57. The van der Waals surface area contributed by atoms with Gasteiger partial charge in [-0.2, -0.15) is 0 Å². The maximum atomic E-state index is 11.1. The molecule has 0 unspecified atom stereocenters. The molecule has 2 aromatic heterocycles. The van der Waals surface area contributed by atoms with E-state index in [0.29, 0.717) is 11.5 Å². The van der Waals surface area contributed by atoms with Crippen molar-refractivity contribution >= 4 is 39.0 Å². The minimum Gasteiger partial charge on any atom is -0.507 e. The van der Waals surface area contributed by atoms with Gasteiger partial charge < -0.3 is 15.5 Å². The first-order valence-corrected chi connectivity index (χ1v) is 7.33. The quantitative estimate of drug-likeness (QED) is 0.641. The van der Waals surface area contributed by atoms with Gasteiger partial charge in [0.25, 0.3) is 0 Å². The molecule has 0 amide bonds. The van der Waals surface area contributed by atoms with Crippen molar-refractivity contribution in [3.05, 3.63) is 40.5 Å². The third-order valence-electron chi connectivity index (χ3n) is 3.46. The normalized spacial score (nSPS) is 10.8. The lowest BCUT2D eigenvalue weighted by Crippen LogP contribution is -2.00. The number of aromatic hydroxyl groups is 1. The summed E-state index contributed by atoms with van der Waals surface area (Å²) >= 11 is 1.59. The van der Waals surface area contributed by atoms with E-state index in [1.165, 1.54) is 18.5 Å². The zero-order valence-electron chi connectivity index (χ0n) is 11.9. The Hall–Kier alpha value is -2.67. The molecule has 3 aromatic rings. The third kappa shape index (κ3) is 2.35. The molecule has 0 spiro atoms.